The first-order valence-electron chi connectivity index (χ1n) is 7.44. The Hall–Kier alpha value is -2.59. The maximum absolute atomic E-state index is 12.4. The Morgan fingerprint density at radius 2 is 1.96 bits per heavy atom. The minimum Gasteiger partial charge on any atom is -0.489 e. The fourth-order valence-electron chi connectivity index (χ4n) is 2.09. The van der Waals surface area contributed by atoms with Crippen LogP contribution in [0.3, 0.4) is 0 Å². The molecule has 0 unspecified atom stereocenters. The minimum atomic E-state index is -0.441. The summed E-state index contributed by atoms with van der Waals surface area (Å²) in [6.07, 6.45) is 0. The number of ether oxygens (including phenoxy) is 1. The highest BCUT2D eigenvalue weighted by atomic mass is 16.5. The molecule has 0 spiro atoms. The zero-order valence-corrected chi connectivity index (χ0v) is 13.2. The molecule has 1 amide bonds. The standard InChI is InChI=1S/C19H21NO3/c1-14(2)13-23-17-10-6-9-16(11-17)19(22)20-18(12-21)15-7-4-3-5-8-15/h3-11,18,21H,1,12-13H2,2H3,(H,20,22)/t18-/m1/s1. The number of hydrogen-bond donors (Lipinski definition) is 2. The van der Waals surface area contributed by atoms with E-state index in [4.69, 9.17) is 4.74 Å². The van der Waals surface area contributed by atoms with Gasteiger partial charge in [0.25, 0.3) is 5.91 Å². The van der Waals surface area contributed by atoms with Crippen molar-refractivity contribution in [3.63, 3.8) is 0 Å². The van der Waals surface area contributed by atoms with E-state index >= 15 is 0 Å². The quantitative estimate of drug-likeness (QED) is 0.773. The van der Waals surface area contributed by atoms with Gasteiger partial charge in [-0.05, 0) is 36.3 Å². The van der Waals surface area contributed by atoms with E-state index in [-0.39, 0.29) is 12.5 Å². The SMILES string of the molecule is C=C(C)COc1cccc(C(=O)N[C@H](CO)c2ccccc2)c1. The lowest BCUT2D eigenvalue weighted by atomic mass is 10.1. The number of carbonyl (C=O) groups is 1. The molecule has 0 aliphatic heterocycles. The number of aliphatic hydroxyl groups is 1. The summed E-state index contributed by atoms with van der Waals surface area (Å²) in [5, 5.41) is 12.4. The summed E-state index contributed by atoms with van der Waals surface area (Å²) in [5.74, 6) is 0.356. The van der Waals surface area contributed by atoms with Crippen LogP contribution in [0.1, 0.15) is 28.9 Å². The molecule has 0 aliphatic rings. The summed E-state index contributed by atoms with van der Waals surface area (Å²) >= 11 is 0. The van der Waals surface area contributed by atoms with Crippen molar-refractivity contribution < 1.29 is 14.6 Å². The van der Waals surface area contributed by atoms with Crippen LogP contribution in [0.5, 0.6) is 5.75 Å². The highest BCUT2D eigenvalue weighted by molar-refractivity contribution is 5.94. The predicted octanol–water partition coefficient (Wildman–Crippen LogP) is 3.10. The molecule has 0 bridgehead atoms. The molecule has 0 saturated carbocycles. The van der Waals surface area contributed by atoms with Crippen LogP contribution in [0.4, 0.5) is 0 Å². The normalized spacial score (nSPS) is 11.6. The van der Waals surface area contributed by atoms with Gasteiger partial charge in [-0.3, -0.25) is 4.79 Å². The molecule has 1 atom stereocenters. The highest BCUT2D eigenvalue weighted by Gasteiger charge is 2.15. The van der Waals surface area contributed by atoms with Crippen molar-refractivity contribution in [1.82, 2.24) is 5.32 Å². The first-order chi connectivity index (χ1) is 11.1. The molecule has 2 rings (SSSR count). The van der Waals surface area contributed by atoms with Gasteiger partial charge in [-0.1, -0.05) is 43.0 Å². The van der Waals surface area contributed by atoms with Gasteiger partial charge in [-0.15, -0.1) is 0 Å². The van der Waals surface area contributed by atoms with Crippen LogP contribution in [0.15, 0.2) is 66.7 Å². The van der Waals surface area contributed by atoms with Crippen LogP contribution in [0, 0.1) is 0 Å². The number of amides is 1. The Labute approximate surface area is 136 Å². The Kier molecular flexibility index (Phi) is 5.94. The van der Waals surface area contributed by atoms with Crippen LogP contribution in [-0.2, 0) is 0 Å². The highest BCUT2D eigenvalue weighted by Crippen LogP contribution is 2.16. The molecule has 0 fully saturated rings. The zero-order chi connectivity index (χ0) is 16.7. The van der Waals surface area contributed by atoms with Crippen molar-refractivity contribution >= 4 is 5.91 Å². The number of benzene rings is 2. The topological polar surface area (TPSA) is 58.6 Å². The first kappa shape index (κ1) is 16.8. The molecule has 2 N–H and O–H groups in total. The van der Waals surface area contributed by atoms with Crippen LogP contribution in [0.25, 0.3) is 0 Å². The van der Waals surface area contributed by atoms with Gasteiger partial charge in [0.05, 0.1) is 12.6 Å². The molecule has 4 heteroatoms. The van der Waals surface area contributed by atoms with E-state index in [1.165, 1.54) is 0 Å². The average Bonchev–Trinajstić information content (AvgIpc) is 2.58. The number of carbonyl (C=O) groups excluding carboxylic acids is 1. The summed E-state index contributed by atoms with van der Waals surface area (Å²) in [6, 6.07) is 15.9. The summed E-state index contributed by atoms with van der Waals surface area (Å²) in [6.45, 7) is 5.90. The third kappa shape index (κ3) is 4.97. The third-order valence-corrected chi connectivity index (χ3v) is 3.27. The van der Waals surface area contributed by atoms with Gasteiger partial charge in [0, 0.05) is 5.56 Å². The number of nitrogens with one attached hydrogen (secondary N) is 1. The van der Waals surface area contributed by atoms with E-state index in [1.807, 2.05) is 37.3 Å². The maximum Gasteiger partial charge on any atom is 0.251 e. The Morgan fingerprint density at radius 3 is 2.61 bits per heavy atom. The fraction of sp³-hybridized carbons (Fsp3) is 0.211. The second kappa shape index (κ2) is 8.15. The van der Waals surface area contributed by atoms with E-state index in [0.29, 0.717) is 17.9 Å². The van der Waals surface area contributed by atoms with Crippen LogP contribution < -0.4 is 10.1 Å². The lowest BCUT2D eigenvalue weighted by Gasteiger charge is -2.17. The van der Waals surface area contributed by atoms with Crippen LogP contribution >= 0.6 is 0 Å². The van der Waals surface area contributed by atoms with Crippen molar-refractivity contribution in [3.05, 3.63) is 77.9 Å². The van der Waals surface area contributed by atoms with Gasteiger partial charge in [0.15, 0.2) is 0 Å². The van der Waals surface area contributed by atoms with E-state index < -0.39 is 6.04 Å². The van der Waals surface area contributed by atoms with E-state index in [9.17, 15) is 9.90 Å². The summed E-state index contributed by atoms with van der Waals surface area (Å²) in [4.78, 5) is 12.4. The van der Waals surface area contributed by atoms with Gasteiger partial charge >= 0.3 is 0 Å². The van der Waals surface area contributed by atoms with Crippen molar-refractivity contribution in [1.29, 1.82) is 0 Å². The molecule has 23 heavy (non-hydrogen) atoms. The molecule has 0 radical (unpaired) electrons. The molecular weight excluding hydrogens is 290 g/mol. The second-order valence-electron chi connectivity index (χ2n) is 5.39. The number of rotatable bonds is 7. The summed E-state index contributed by atoms with van der Waals surface area (Å²) in [7, 11) is 0. The monoisotopic (exact) mass is 311 g/mol. The Balaban J connectivity index is 2.07. The molecule has 120 valence electrons. The van der Waals surface area contributed by atoms with Crippen LogP contribution in [-0.4, -0.2) is 24.2 Å². The second-order valence-corrected chi connectivity index (χ2v) is 5.39. The van der Waals surface area contributed by atoms with Gasteiger partial charge in [0.1, 0.15) is 12.4 Å². The lowest BCUT2D eigenvalue weighted by molar-refractivity contribution is 0.0916. The van der Waals surface area contributed by atoms with Crippen molar-refractivity contribution in [2.24, 2.45) is 0 Å². The number of aliphatic hydroxyl groups excluding tert-OH is 1. The maximum atomic E-state index is 12.4. The van der Waals surface area contributed by atoms with Crippen molar-refractivity contribution in [2.75, 3.05) is 13.2 Å². The summed E-state index contributed by atoms with van der Waals surface area (Å²) in [5.41, 5.74) is 2.25. The van der Waals surface area contributed by atoms with Crippen molar-refractivity contribution in [2.45, 2.75) is 13.0 Å². The third-order valence-electron chi connectivity index (χ3n) is 3.27. The van der Waals surface area contributed by atoms with Gasteiger partial charge in [-0.2, -0.15) is 0 Å². The molecule has 0 aromatic heterocycles. The molecule has 4 nitrogen and oxygen atoms in total. The first-order valence-corrected chi connectivity index (χ1v) is 7.44. The van der Waals surface area contributed by atoms with Gasteiger partial charge in [0.2, 0.25) is 0 Å². The lowest BCUT2D eigenvalue weighted by Crippen LogP contribution is -2.30. The zero-order valence-electron chi connectivity index (χ0n) is 13.2. The molecule has 0 saturated heterocycles. The Morgan fingerprint density at radius 1 is 1.22 bits per heavy atom. The van der Waals surface area contributed by atoms with Crippen molar-refractivity contribution in [3.8, 4) is 5.75 Å². The molecule has 2 aromatic rings. The number of hydrogen-bond acceptors (Lipinski definition) is 3. The van der Waals surface area contributed by atoms with Gasteiger partial charge < -0.3 is 15.2 Å². The molecule has 0 heterocycles. The molecule has 2 aromatic carbocycles. The summed E-state index contributed by atoms with van der Waals surface area (Å²) < 4.78 is 5.55. The van der Waals surface area contributed by atoms with E-state index in [0.717, 1.165) is 11.1 Å². The fourth-order valence-corrected chi connectivity index (χ4v) is 2.09. The van der Waals surface area contributed by atoms with Crippen LogP contribution in [0.2, 0.25) is 0 Å². The molecule has 0 aliphatic carbocycles. The smallest absolute Gasteiger partial charge is 0.251 e. The average molecular weight is 311 g/mol. The van der Waals surface area contributed by atoms with E-state index in [2.05, 4.69) is 11.9 Å². The molecular formula is C19H21NO3. The van der Waals surface area contributed by atoms with Gasteiger partial charge in [-0.25, -0.2) is 0 Å². The minimum absolute atomic E-state index is 0.165. The van der Waals surface area contributed by atoms with E-state index in [1.54, 1.807) is 24.3 Å². The largest absolute Gasteiger partial charge is 0.489 e. The Bertz CT molecular complexity index is 667. The predicted molar refractivity (Wildman–Crippen MR) is 90.5 cm³/mol.